The number of carbonyl (C=O) groups excluding carboxylic acids is 1. The molecule has 9 heteroatoms. The van der Waals surface area contributed by atoms with Gasteiger partial charge in [0.25, 0.3) is 5.91 Å². The number of aromatic nitrogens is 4. The fourth-order valence-corrected chi connectivity index (χ4v) is 2.31. The Bertz CT molecular complexity index is 606. The van der Waals surface area contributed by atoms with E-state index in [0.29, 0.717) is 11.4 Å². The van der Waals surface area contributed by atoms with Crippen molar-refractivity contribution < 1.29 is 4.79 Å². The molecular weight excluding hydrogens is 327 g/mol. The van der Waals surface area contributed by atoms with Crippen LogP contribution in [0.4, 0.5) is 0 Å². The van der Waals surface area contributed by atoms with Crippen molar-refractivity contribution in [2.45, 2.75) is 13.0 Å². The van der Waals surface area contributed by atoms with E-state index in [0.717, 1.165) is 19.6 Å². The molecule has 0 bridgehead atoms. The third-order valence-electron chi connectivity index (χ3n) is 3.41. The molecule has 0 radical (unpaired) electrons. The molecule has 0 aromatic carbocycles. The van der Waals surface area contributed by atoms with Gasteiger partial charge in [0, 0.05) is 37.4 Å². The summed E-state index contributed by atoms with van der Waals surface area (Å²) in [6, 6.07) is 3.67. The van der Waals surface area contributed by atoms with Gasteiger partial charge < -0.3 is 10.2 Å². The Labute approximate surface area is 140 Å². The van der Waals surface area contributed by atoms with Crippen LogP contribution in [0.25, 0.3) is 5.82 Å². The van der Waals surface area contributed by atoms with E-state index in [2.05, 4.69) is 20.4 Å². The van der Waals surface area contributed by atoms with Crippen molar-refractivity contribution in [3.05, 3.63) is 36.5 Å². The number of nitrogens with zero attached hydrogens (tertiary/aromatic N) is 5. The summed E-state index contributed by atoms with van der Waals surface area (Å²) < 4.78 is 1.54. The third-order valence-corrected chi connectivity index (χ3v) is 3.41. The highest BCUT2D eigenvalue weighted by molar-refractivity contribution is 5.94. The fraction of sp³-hybridized carbons (Fsp3) is 0.385. The van der Waals surface area contributed by atoms with Crippen LogP contribution in [-0.2, 0) is 0 Å². The molecule has 1 fully saturated rings. The highest BCUT2D eigenvalue weighted by Gasteiger charge is 2.24. The van der Waals surface area contributed by atoms with Crippen LogP contribution in [0.5, 0.6) is 0 Å². The molecule has 0 spiro atoms. The predicted octanol–water partition coefficient (Wildman–Crippen LogP) is 0.940. The molecule has 7 nitrogen and oxygen atoms in total. The lowest BCUT2D eigenvalue weighted by molar-refractivity contribution is 0.0655. The molecule has 0 saturated carbocycles. The van der Waals surface area contributed by atoms with E-state index in [1.165, 1.54) is 11.0 Å². The molecule has 1 atom stereocenters. The van der Waals surface area contributed by atoms with Crippen molar-refractivity contribution in [3.8, 4) is 5.82 Å². The summed E-state index contributed by atoms with van der Waals surface area (Å²) in [5.41, 5.74) is 0.624. The summed E-state index contributed by atoms with van der Waals surface area (Å²) in [6.45, 7) is 4.43. The maximum atomic E-state index is 12.6. The number of hydrogen-bond donors (Lipinski definition) is 1. The Morgan fingerprint density at radius 1 is 1.41 bits per heavy atom. The van der Waals surface area contributed by atoms with Crippen LogP contribution in [0.3, 0.4) is 0 Å². The quantitative estimate of drug-likeness (QED) is 0.877. The summed E-state index contributed by atoms with van der Waals surface area (Å²) in [6.07, 6.45) is 4.62. The van der Waals surface area contributed by atoms with Crippen molar-refractivity contribution in [1.82, 2.24) is 30.0 Å². The van der Waals surface area contributed by atoms with Gasteiger partial charge in [-0.3, -0.25) is 4.79 Å². The van der Waals surface area contributed by atoms with E-state index in [1.807, 2.05) is 11.8 Å². The van der Waals surface area contributed by atoms with E-state index in [1.54, 1.807) is 24.7 Å². The number of carbonyl (C=O) groups is 1. The minimum Gasteiger partial charge on any atom is -0.333 e. The fourth-order valence-electron chi connectivity index (χ4n) is 2.31. The first kappa shape index (κ1) is 18.3. The maximum absolute atomic E-state index is 12.6. The minimum absolute atomic E-state index is 0. The number of hydrogen-bond acceptors (Lipinski definition) is 5. The van der Waals surface area contributed by atoms with Crippen LogP contribution < -0.4 is 5.32 Å². The third kappa shape index (κ3) is 3.73. The smallest absolute Gasteiger partial charge is 0.254 e. The lowest BCUT2D eigenvalue weighted by atomic mass is 10.1. The first-order valence-corrected chi connectivity index (χ1v) is 6.58. The predicted molar refractivity (Wildman–Crippen MR) is 87.0 cm³/mol. The standard InChI is InChI=1S/C13H16N6O.2ClH/c1-10-7-14-4-5-18(10)13(20)11-2-3-16-12(6-11)19-9-15-8-17-19;;/h2-3,6,8-10,14H,4-5,7H2,1H3;2*1H/t10-;;/m0../s1. The Morgan fingerprint density at radius 3 is 2.91 bits per heavy atom. The van der Waals surface area contributed by atoms with Gasteiger partial charge >= 0.3 is 0 Å². The number of pyridine rings is 1. The molecule has 1 saturated heterocycles. The Kier molecular flexibility index (Phi) is 6.73. The highest BCUT2D eigenvalue weighted by Crippen LogP contribution is 2.12. The monoisotopic (exact) mass is 344 g/mol. The Hall–Kier alpha value is -1.70. The van der Waals surface area contributed by atoms with E-state index in [-0.39, 0.29) is 36.8 Å². The maximum Gasteiger partial charge on any atom is 0.254 e. The van der Waals surface area contributed by atoms with Gasteiger partial charge in [-0.15, -0.1) is 24.8 Å². The van der Waals surface area contributed by atoms with Crippen LogP contribution in [0.15, 0.2) is 31.0 Å². The number of amides is 1. The molecule has 120 valence electrons. The van der Waals surface area contributed by atoms with Crippen molar-refractivity contribution in [1.29, 1.82) is 0 Å². The SMILES string of the molecule is C[C@H]1CNCCN1C(=O)c1ccnc(-n2cncn2)c1.Cl.Cl. The first-order chi connectivity index (χ1) is 9.75. The second-order valence-electron chi connectivity index (χ2n) is 4.79. The van der Waals surface area contributed by atoms with Gasteiger partial charge in [-0.2, -0.15) is 5.10 Å². The van der Waals surface area contributed by atoms with Gasteiger partial charge in [0.2, 0.25) is 0 Å². The molecule has 3 heterocycles. The molecule has 1 amide bonds. The minimum atomic E-state index is 0. The summed E-state index contributed by atoms with van der Waals surface area (Å²) in [7, 11) is 0. The molecule has 1 aliphatic heterocycles. The van der Waals surface area contributed by atoms with Gasteiger partial charge in [0.1, 0.15) is 12.7 Å². The van der Waals surface area contributed by atoms with Crippen molar-refractivity contribution in [2.24, 2.45) is 0 Å². The van der Waals surface area contributed by atoms with Crippen molar-refractivity contribution in [2.75, 3.05) is 19.6 Å². The Morgan fingerprint density at radius 2 is 2.23 bits per heavy atom. The molecular formula is C13H18Cl2N6O. The average molecular weight is 345 g/mol. The van der Waals surface area contributed by atoms with E-state index in [4.69, 9.17) is 0 Å². The molecule has 1 aliphatic rings. The summed E-state index contributed by atoms with van der Waals surface area (Å²) in [4.78, 5) is 22.5. The largest absolute Gasteiger partial charge is 0.333 e. The van der Waals surface area contributed by atoms with Gasteiger partial charge in [0.15, 0.2) is 5.82 Å². The van der Waals surface area contributed by atoms with Gasteiger partial charge in [-0.1, -0.05) is 0 Å². The first-order valence-electron chi connectivity index (χ1n) is 6.58. The van der Waals surface area contributed by atoms with Crippen molar-refractivity contribution >= 4 is 30.7 Å². The van der Waals surface area contributed by atoms with E-state index >= 15 is 0 Å². The van der Waals surface area contributed by atoms with Gasteiger partial charge in [-0.05, 0) is 19.1 Å². The summed E-state index contributed by atoms with van der Waals surface area (Å²) in [5, 5.41) is 7.30. The Balaban J connectivity index is 0.00000121. The second kappa shape index (κ2) is 8.07. The average Bonchev–Trinajstić information content (AvgIpc) is 3.01. The summed E-state index contributed by atoms with van der Waals surface area (Å²) >= 11 is 0. The zero-order valence-electron chi connectivity index (χ0n) is 12.0. The second-order valence-corrected chi connectivity index (χ2v) is 4.79. The number of nitrogens with one attached hydrogen (secondary N) is 1. The van der Waals surface area contributed by atoms with Crippen LogP contribution in [0, 0.1) is 0 Å². The zero-order chi connectivity index (χ0) is 13.9. The molecule has 1 N–H and O–H groups in total. The highest BCUT2D eigenvalue weighted by atomic mass is 35.5. The van der Waals surface area contributed by atoms with Crippen LogP contribution in [0.2, 0.25) is 0 Å². The molecule has 22 heavy (non-hydrogen) atoms. The molecule has 2 aromatic rings. The zero-order valence-corrected chi connectivity index (χ0v) is 13.7. The van der Waals surface area contributed by atoms with Crippen LogP contribution >= 0.6 is 24.8 Å². The van der Waals surface area contributed by atoms with E-state index in [9.17, 15) is 4.79 Å². The van der Waals surface area contributed by atoms with Gasteiger partial charge in [-0.25, -0.2) is 14.6 Å². The molecule has 2 aromatic heterocycles. The van der Waals surface area contributed by atoms with Crippen molar-refractivity contribution in [3.63, 3.8) is 0 Å². The lowest BCUT2D eigenvalue weighted by Gasteiger charge is -2.34. The van der Waals surface area contributed by atoms with Crippen LogP contribution in [0.1, 0.15) is 17.3 Å². The van der Waals surface area contributed by atoms with Gasteiger partial charge in [0.05, 0.1) is 0 Å². The molecule has 0 unspecified atom stereocenters. The number of halogens is 2. The van der Waals surface area contributed by atoms with E-state index < -0.39 is 0 Å². The van der Waals surface area contributed by atoms with Crippen LogP contribution in [-0.4, -0.2) is 56.2 Å². The number of piperazine rings is 1. The topological polar surface area (TPSA) is 75.9 Å². The lowest BCUT2D eigenvalue weighted by Crippen LogP contribution is -2.52. The normalized spacial score (nSPS) is 17.3. The molecule has 0 aliphatic carbocycles. The number of rotatable bonds is 2. The molecule has 3 rings (SSSR count). The summed E-state index contributed by atoms with van der Waals surface area (Å²) in [5.74, 6) is 0.624.